The lowest BCUT2D eigenvalue weighted by Gasteiger charge is -2.12. The zero-order chi connectivity index (χ0) is 19.1. The van der Waals surface area contributed by atoms with Crippen LogP contribution in [0.15, 0.2) is 29.6 Å². The van der Waals surface area contributed by atoms with Crippen LogP contribution in [0.5, 0.6) is 0 Å². The number of thiocarbonyl (C=S) groups is 1. The lowest BCUT2D eigenvalue weighted by Crippen LogP contribution is -2.43. The molecule has 1 aromatic heterocycles. The molecule has 1 aromatic carbocycles. The van der Waals surface area contributed by atoms with Gasteiger partial charge in [-0.2, -0.15) is 0 Å². The average Bonchev–Trinajstić information content (AvgIpc) is 3.01. The quantitative estimate of drug-likeness (QED) is 0.412. The molecule has 2 aromatic rings. The van der Waals surface area contributed by atoms with Gasteiger partial charge in [-0.3, -0.25) is 15.6 Å². The standard InChI is InChI=1S/C18H21N3O3S2/c1-4-14-11(3)26-10-15(14)16(22)20-21-18(25)19-13-8-6-12(7-9-13)17(23)24-5-2/h6-10H,4-5H2,1-3H3,(H,20,22)(H2,19,21,25). The van der Waals surface area contributed by atoms with Gasteiger partial charge < -0.3 is 10.1 Å². The average molecular weight is 392 g/mol. The predicted molar refractivity (Wildman–Crippen MR) is 108 cm³/mol. The second-order valence-electron chi connectivity index (χ2n) is 5.37. The minimum atomic E-state index is -0.371. The van der Waals surface area contributed by atoms with Gasteiger partial charge in [-0.1, -0.05) is 6.92 Å². The number of anilines is 1. The molecule has 0 aliphatic rings. The molecule has 0 aliphatic carbocycles. The van der Waals surface area contributed by atoms with Crippen LogP contribution in [0.3, 0.4) is 0 Å². The number of nitrogens with one attached hydrogen (secondary N) is 3. The second-order valence-corrected chi connectivity index (χ2v) is 6.86. The molecule has 0 aliphatic heterocycles. The summed E-state index contributed by atoms with van der Waals surface area (Å²) in [6.07, 6.45) is 0.799. The highest BCUT2D eigenvalue weighted by Crippen LogP contribution is 2.22. The van der Waals surface area contributed by atoms with Crippen LogP contribution in [-0.4, -0.2) is 23.6 Å². The summed E-state index contributed by atoms with van der Waals surface area (Å²) < 4.78 is 4.93. The number of rotatable bonds is 5. The number of carbonyl (C=O) groups is 2. The van der Waals surface area contributed by atoms with Crippen molar-refractivity contribution in [2.24, 2.45) is 0 Å². The first-order valence-corrected chi connectivity index (χ1v) is 9.46. The first-order chi connectivity index (χ1) is 12.5. The third kappa shape index (κ3) is 5.03. The van der Waals surface area contributed by atoms with Gasteiger partial charge in [-0.05, 0) is 62.3 Å². The zero-order valence-electron chi connectivity index (χ0n) is 14.8. The highest BCUT2D eigenvalue weighted by molar-refractivity contribution is 7.80. The Labute approximate surface area is 161 Å². The van der Waals surface area contributed by atoms with Gasteiger partial charge in [0, 0.05) is 15.9 Å². The number of esters is 1. The minimum Gasteiger partial charge on any atom is -0.462 e. The molecule has 8 heteroatoms. The fourth-order valence-corrected chi connectivity index (χ4v) is 3.47. The number of carbonyl (C=O) groups excluding carboxylic acids is 2. The normalized spacial score (nSPS) is 10.1. The number of amides is 1. The summed E-state index contributed by atoms with van der Waals surface area (Å²) in [5.41, 5.74) is 8.12. The largest absolute Gasteiger partial charge is 0.462 e. The summed E-state index contributed by atoms with van der Waals surface area (Å²) in [5.74, 6) is -0.599. The SMILES string of the molecule is CCOC(=O)c1ccc(NC(=S)NNC(=O)c2csc(C)c2CC)cc1. The molecule has 0 spiro atoms. The molecule has 2 rings (SSSR count). The first kappa shape index (κ1) is 19.9. The monoisotopic (exact) mass is 391 g/mol. The molecule has 0 fully saturated rings. The highest BCUT2D eigenvalue weighted by Gasteiger charge is 2.14. The van der Waals surface area contributed by atoms with Crippen LogP contribution < -0.4 is 16.2 Å². The Morgan fingerprint density at radius 3 is 2.46 bits per heavy atom. The van der Waals surface area contributed by atoms with Gasteiger partial charge in [0.05, 0.1) is 17.7 Å². The van der Waals surface area contributed by atoms with Crippen molar-refractivity contribution in [3.05, 3.63) is 51.2 Å². The van der Waals surface area contributed by atoms with Gasteiger partial charge in [0.25, 0.3) is 5.91 Å². The Morgan fingerprint density at radius 1 is 1.15 bits per heavy atom. The van der Waals surface area contributed by atoms with Crippen LogP contribution in [0.1, 0.15) is 45.0 Å². The maximum Gasteiger partial charge on any atom is 0.338 e. The molecule has 0 saturated heterocycles. The number of hydrazine groups is 1. The van der Waals surface area contributed by atoms with Gasteiger partial charge in [0.2, 0.25) is 0 Å². The van der Waals surface area contributed by atoms with Gasteiger partial charge >= 0.3 is 5.97 Å². The number of hydrogen-bond donors (Lipinski definition) is 3. The van der Waals surface area contributed by atoms with Crippen molar-refractivity contribution >= 4 is 46.2 Å². The smallest absolute Gasteiger partial charge is 0.338 e. The molecule has 0 atom stereocenters. The lowest BCUT2D eigenvalue weighted by molar-refractivity contribution is 0.0526. The topological polar surface area (TPSA) is 79.5 Å². The minimum absolute atomic E-state index is 0.229. The van der Waals surface area contributed by atoms with E-state index < -0.39 is 0 Å². The van der Waals surface area contributed by atoms with Crippen molar-refractivity contribution in [2.45, 2.75) is 27.2 Å². The van der Waals surface area contributed by atoms with Crippen LogP contribution in [0.2, 0.25) is 0 Å². The van der Waals surface area contributed by atoms with E-state index in [1.54, 1.807) is 42.5 Å². The number of thiophene rings is 1. The molecule has 0 radical (unpaired) electrons. The van der Waals surface area contributed by atoms with Crippen molar-refractivity contribution in [3.63, 3.8) is 0 Å². The van der Waals surface area contributed by atoms with Gasteiger partial charge in [0.15, 0.2) is 5.11 Å². The van der Waals surface area contributed by atoms with Crippen LogP contribution in [0.4, 0.5) is 5.69 Å². The van der Waals surface area contributed by atoms with Crippen molar-refractivity contribution in [2.75, 3.05) is 11.9 Å². The van der Waals surface area contributed by atoms with Gasteiger partial charge in [-0.15, -0.1) is 11.3 Å². The fraction of sp³-hybridized carbons (Fsp3) is 0.278. The van der Waals surface area contributed by atoms with E-state index in [4.69, 9.17) is 17.0 Å². The third-order valence-corrected chi connectivity index (χ3v) is 4.80. The maximum absolute atomic E-state index is 12.3. The van der Waals surface area contributed by atoms with E-state index in [1.165, 1.54) is 0 Å². The van der Waals surface area contributed by atoms with Crippen molar-refractivity contribution in [1.82, 2.24) is 10.9 Å². The lowest BCUT2D eigenvalue weighted by atomic mass is 10.1. The molecule has 0 bridgehead atoms. The fourth-order valence-electron chi connectivity index (χ4n) is 2.36. The Morgan fingerprint density at radius 2 is 1.85 bits per heavy atom. The Kier molecular flexibility index (Phi) is 7.11. The number of ether oxygens (including phenoxy) is 1. The summed E-state index contributed by atoms with van der Waals surface area (Å²) in [6, 6.07) is 6.70. The van der Waals surface area contributed by atoms with Gasteiger partial charge in [0.1, 0.15) is 0 Å². The molecule has 0 unspecified atom stereocenters. The van der Waals surface area contributed by atoms with Crippen molar-refractivity contribution < 1.29 is 14.3 Å². The summed E-state index contributed by atoms with van der Waals surface area (Å²) in [4.78, 5) is 25.0. The van der Waals surface area contributed by atoms with E-state index in [2.05, 4.69) is 16.2 Å². The third-order valence-electron chi connectivity index (χ3n) is 3.65. The van der Waals surface area contributed by atoms with Crippen LogP contribution in [-0.2, 0) is 11.2 Å². The van der Waals surface area contributed by atoms with Gasteiger partial charge in [-0.25, -0.2) is 4.79 Å². The molecule has 1 heterocycles. The first-order valence-electron chi connectivity index (χ1n) is 8.17. The van der Waals surface area contributed by atoms with E-state index in [-0.39, 0.29) is 17.0 Å². The molecule has 3 N–H and O–H groups in total. The molecule has 138 valence electrons. The zero-order valence-corrected chi connectivity index (χ0v) is 16.5. The predicted octanol–water partition coefficient (Wildman–Crippen LogP) is 3.43. The second kappa shape index (κ2) is 9.30. The van der Waals surface area contributed by atoms with E-state index in [0.29, 0.717) is 23.4 Å². The van der Waals surface area contributed by atoms with Crippen molar-refractivity contribution in [1.29, 1.82) is 0 Å². The van der Waals surface area contributed by atoms with Crippen LogP contribution in [0, 0.1) is 6.92 Å². The van der Waals surface area contributed by atoms with E-state index in [0.717, 1.165) is 16.9 Å². The summed E-state index contributed by atoms with van der Waals surface area (Å²) in [7, 11) is 0. The Balaban J connectivity index is 1.88. The van der Waals surface area contributed by atoms with Crippen LogP contribution >= 0.6 is 23.6 Å². The molecule has 0 saturated carbocycles. The van der Waals surface area contributed by atoms with E-state index in [9.17, 15) is 9.59 Å². The van der Waals surface area contributed by atoms with Crippen LogP contribution in [0.25, 0.3) is 0 Å². The summed E-state index contributed by atoms with van der Waals surface area (Å²) >= 11 is 6.72. The van der Waals surface area contributed by atoms with E-state index in [1.807, 2.05) is 19.2 Å². The highest BCUT2D eigenvalue weighted by atomic mass is 32.1. The Hall–Kier alpha value is -2.45. The molecule has 26 heavy (non-hydrogen) atoms. The number of benzene rings is 1. The molecular formula is C18H21N3O3S2. The molecular weight excluding hydrogens is 370 g/mol. The maximum atomic E-state index is 12.3. The van der Waals surface area contributed by atoms with Crippen molar-refractivity contribution in [3.8, 4) is 0 Å². The molecule has 1 amide bonds. The Bertz CT molecular complexity index is 801. The number of hydrogen-bond acceptors (Lipinski definition) is 5. The molecule has 6 nitrogen and oxygen atoms in total. The summed E-state index contributed by atoms with van der Waals surface area (Å²) in [6.45, 7) is 6.11. The summed E-state index contributed by atoms with van der Waals surface area (Å²) in [5, 5.41) is 5.02. The number of aryl methyl sites for hydroxylation is 1. The van der Waals surface area contributed by atoms with E-state index >= 15 is 0 Å².